The van der Waals surface area contributed by atoms with Crippen molar-refractivity contribution in [3.05, 3.63) is 68.5 Å². The van der Waals surface area contributed by atoms with E-state index >= 15 is 0 Å². The van der Waals surface area contributed by atoms with Crippen molar-refractivity contribution in [3.8, 4) is 5.75 Å². The normalized spacial score (nSPS) is 17.9. The first-order valence-corrected chi connectivity index (χ1v) is 11.7. The van der Waals surface area contributed by atoms with E-state index < -0.39 is 49.2 Å². The standard InChI is InChI=1S/C21H19ClFN3O7S/c1-3-17-20(27)24-11-13(8-12-9-14(23)4-7-19(12)33-2)21(28)25(17)34(31,32)15-5-6-16(22)18(10-15)26(29)30/h4-10,17H,3,11H2,1-2H3,(H,24,27)/b13-8+/t17-/m1/s1. The lowest BCUT2D eigenvalue weighted by Crippen LogP contribution is -2.49. The van der Waals surface area contributed by atoms with Crippen LogP contribution in [0.5, 0.6) is 5.75 Å². The molecular weight excluding hydrogens is 493 g/mol. The van der Waals surface area contributed by atoms with Gasteiger partial charge in [0.2, 0.25) is 5.91 Å². The first-order chi connectivity index (χ1) is 16.0. The zero-order chi connectivity index (χ0) is 25.2. The van der Waals surface area contributed by atoms with Gasteiger partial charge in [0.05, 0.1) is 16.9 Å². The summed E-state index contributed by atoms with van der Waals surface area (Å²) in [5.41, 5.74) is -0.697. The fraction of sp³-hybridized carbons (Fsp3) is 0.238. The van der Waals surface area contributed by atoms with Crippen molar-refractivity contribution in [1.82, 2.24) is 9.62 Å². The van der Waals surface area contributed by atoms with Crippen molar-refractivity contribution >= 4 is 45.2 Å². The van der Waals surface area contributed by atoms with Gasteiger partial charge in [0, 0.05) is 23.7 Å². The van der Waals surface area contributed by atoms with Gasteiger partial charge in [0.15, 0.2) is 0 Å². The zero-order valence-corrected chi connectivity index (χ0v) is 19.5. The zero-order valence-electron chi connectivity index (χ0n) is 17.9. The van der Waals surface area contributed by atoms with Crippen LogP contribution in [0.1, 0.15) is 18.9 Å². The summed E-state index contributed by atoms with van der Waals surface area (Å²) in [6, 6.07) is 4.89. The summed E-state index contributed by atoms with van der Waals surface area (Å²) >= 11 is 5.78. The number of hydrogen-bond acceptors (Lipinski definition) is 7. The Morgan fingerprint density at radius 1 is 1.29 bits per heavy atom. The van der Waals surface area contributed by atoms with Crippen LogP contribution in [-0.4, -0.2) is 49.2 Å². The topological polar surface area (TPSA) is 136 Å². The molecule has 1 atom stereocenters. The van der Waals surface area contributed by atoms with E-state index in [1.165, 1.54) is 26.2 Å². The number of carbonyl (C=O) groups is 2. The first kappa shape index (κ1) is 25.1. The Morgan fingerprint density at radius 3 is 2.62 bits per heavy atom. The van der Waals surface area contributed by atoms with Crippen molar-refractivity contribution in [3.63, 3.8) is 0 Å². The molecular formula is C21H19ClFN3O7S. The van der Waals surface area contributed by atoms with Crippen molar-refractivity contribution in [2.75, 3.05) is 13.7 Å². The molecule has 1 heterocycles. The van der Waals surface area contributed by atoms with E-state index in [0.29, 0.717) is 4.31 Å². The third-order valence-electron chi connectivity index (χ3n) is 5.09. The number of rotatable bonds is 6. The quantitative estimate of drug-likeness (QED) is 0.357. The van der Waals surface area contributed by atoms with Gasteiger partial charge in [-0.2, -0.15) is 0 Å². The summed E-state index contributed by atoms with van der Waals surface area (Å²) in [6.45, 7) is 1.18. The van der Waals surface area contributed by atoms with Gasteiger partial charge in [-0.05, 0) is 42.8 Å². The summed E-state index contributed by atoms with van der Waals surface area (Å²) < 4.78 is 46.3. The molecule has 0 unspecified atom stereocenters. The maximum absolute atomic E-state index is 13.8. The highest BCUT2D eigenvalue weighted by atomic mass is 35.5. The lowest BCUT2D eigenvalue weighted by atomic mass is 10.1. The number of nitro groups is 1. The third kappa shape index (κ3) is 4.73. The van der Waals surface area contributed by atoms with Crippen molar-refractivity contribution in [1.29, 1.82) is 0 Å². The Balaban J connectivity index is 2.18. The number of nitrogens with zero attached hydrogens (tertiary/aromatic N) is 2. The molecule has 0 aliphatic carbocycles. The molecule has 0 radical (unpaired) electrons. The number of carbonyl (C=O) groups excluding carboxylic acids is 2. The predicted octanol–water partition coefficient (Wildman–Crippen LogP) is 2.91. The molecule has 3 rings (SSSR count). The van der Waals surface area contributed by atoms with Crippen LogP contribution in [-0.2, 0) is 19.6 Å². The highest BCUT2D eigenvalue weighted by Crippen LogP contribution is 2.31. The lowest BCUT2D eigenvalue weighted by Gasteiger charge is -2.27. The van der Waals surface area contributed by atoms with Crippen LogP contribution in [0.25, 0.3) is 6.08 Å². The second kappa shape index (κ2) is 9.77. The van der Waals surface area contributed by atoms with Gasteiger partial charge < -0.3 is 10.1 Å². The summed E-state index contributed by atoms with van der Waals surface area (Å²) in [5.74, 6) is -2.19. The number of methoxy groups -OCH3 is 1. The number of ether oxygens (including phenoxy) is 1. The third-order valence-corrected chi connectivity index (χ3v) is 7.20. The van der Waals surface area contributed by atoms with Gasteiger partial charge in [-0.1, -0.05) is 18.5 Å². The summed E-state index contributed by atoms with van der Waals surface area (Å²) in [6.07, 6.45) is 1.15. The number of nitrogens with one attached hydrogen (secondary N) is 1. The van der Waals surface area contributed by atoms with Crippen LogP contribution < -0.4 is 10.1 Å². The minimum atomic E-state index is -4.74. The van der Waals surface area contributed by atoms with Gasteiger partial charge in [0.25, 0.3) is 21.6 Å². The molecule has 1 aliphatic heterocycles. The molecule has 1 aliphatic rings. The molecule has 2 aromatic rings. The molecule has 2 aromatic carbocycles. The number of sulfonamides is 1. The van der Waals surface area contributed by atoms with Crippen LogP contribution in [0, 0.1) is 15.9 Å². The first-order valence-electron chi connectivity index (χ1n) is 9.85. The maximum atomic E-state index is 13.8. The van der Waals surface area contributed by atoms with Crippen molar-refractivity contribution in [2.45, 2.75) is 24.3 Å². The Morgan fingerprint density at radius 2 is 2.00 bits per heavy atom. The summed E-state index contributed by atoms with van der Waals surface area (Å²) in [4.78, 5) is 35.9. The SMILES string of the molecule is CC[C@@H]1C(=O)NC/C(=C\c2cc(F)ccc2OC)C(=O)N1S(=O)(=O)c1ccc(Cl)c([N+](=O)[O-])c1. The minimum absolute atomic E-state index is 0.0664. The van der Waals surface area contributed by atoms with Crippen LogP contribution in [0.15, 0.2) is 46.9 Å². The van der Waals surface area contributed by atoms with E-state index in [4.69, 9.17) is 16.3 Å². The molecule has 180 valence electrons. The van der Waals surface area contributed by atoms with Gasteiger partial charge in [-0.25, -0.2) is 17.1 Å². The highest BCUT2D eigenvalue weighted by Gasteiger charge is 2.42. The average Bonchev–Trinajstić information content (AvgIpc) is 2.90. The molecule has 0 bridgehead atoms. The number of hydrogen-bond donors (Lipinski definition) is 1. The van der Waals surface area contributed by atoms with Gasteiger partial charge >= 0.3 is 0 Å². The smallest absolute Gasteiger partial charge is 0.289 e. The number of halogens is 2. The number of amides is 2. The largest absolute Gasteiger partial charge is 0.496 e. The maximum Gasteiger partial charge on any atom is 0.289 e. The molecule has 1 N–H and O–H groups in total. The predicted molar refractivity (Wildman–Crippen MR) is 120 cm³/mol. The fourth-order valence-electron chi connectivity index (χ4n) is 3.42. The second-order valence-electron chi connectivity index (χ2n) is 7.17. The van der Waals surface area contributed by atoms with E-state index in [9.17, 15) is 32.5 Å². The minimum Gasteiger partial charge on any atom is -0.496 e. The fourth-order valence-corrected chi connectivity index (χ4v) is 5.25. The Bertz CT molecular complexity index is 1310. The highest BCUT2D eigenvalue weighted by molar-refractivity contribution is 7.89. The summed E-state index contributed by atoms with van der Waals surface area (Å²) in [7, 11) is -3.40. The number of benzene rings is 2. The van der Waals surface area contributed by atoms with E-state index in [-0.39, 0.29) is 34.9 Å². The monoisotopic (exact) mass is 511 g/mol. The molecule has 2 amide bonds. The van der Waals surface area contributed by atoms with Gasteiger partial charge in [0.1, 0.15) is 22.6 Å². The van der Waals surface area contributed by atoms with Crippen molar-refractivity contribution in [2.24, 2.45) is 0 Å². The van der Waals surface area contributed by atoms with Crippen LogP contribution in [0.3, 0.4) is 0 Å². The Hall–Kier alpha value is -3.51. The molecule has 1 saturated heterocycles. The van der Waals surface area contributed by atoms with E-state index in [0.717, 1.165) is 30.3 Å². The van der Waals surface area contributed by atoms with E-state index in [1.54, 1.807) is 0 Å². The van der Waals surface area contributed by atoms with Gasteiger partial charge in [-0.3, -0.25) is 19.7 Å². The molecule has 10 nitrogen and oxygen atoms in total. The van der Waals surface area contributed by atoms with Crippen LogP contribution in [0.4, 0.5) is 10.1 Å². The Labute approximate surface area is 199 Å². The average molecular weight is 512 g/mol. The second-order valence-corrected chi connectivity index (χ2v) is 9.40. The van der Waals surface area contributed by atoms with Gasteiger partial charge in [-0.15, -0.1) is 0 Å². The van der Waals surface area contributed by atoms with Crippen LogP contribution >= 0.6 is 11.6 Å². The molecule has 0 spiro atoms. The number of nitro benzene ring substituents is 1. The Kier molecular flexibility index (Phi) is 7.22. The van der Waals surface area contributed by atoms with E-state index in [2.05, 4.69) is 5.32 Å². The molecule has 1 fully saturated rings. The molecule has 0 aromatic heterocycles. The van der Waals surface area contributed by atoms with Crippen LogP contribution in [0.2, 0.25) is 5.02 Å². The van der Waals surface area contributed by atoms with Crippen molar-refractivity contribution < 1.29 is 32.1 Å². The molecule has 13 heteroatoms. The molecule has 34 heavy (non-hydrogen) atoms. The summed E-state index contributed by atoms with van der Waals surface area (Å²) in [5, 5.41) is 13.4. The van der Waals surface area contributed by atoms with E-state index in [1.807, 2.05) is 0 Å². The lowest BCUT2D eigenvalue weighted by molar-refractivity contribution is -0.384. The molecule has 0 saturated carbocycles.